The number of hydrogen-bond acceptors (Lipinski definition) is 5. The highest BCUT2D eigenvalue weighted by Gasteiger charge is 2.22. The first kappa shape index (κ1) is 20.7. The molecule has 3 aromatic rings. The van der Waals surface area contributed by atoms with Crippen LogP contribution in [0.5, 0.6) is 0 Å². The Hall–Kier alpha value is -3.59. The number of benzene rings is 2. The Morgan fingerprint density at radius 2 is 1.87 bits per heavy atom. The second-order valence-corrected chi connectivity index (χ2v) is 7.24. The molecule has 4 rings (SSSR count). The van der Waals surface area contributed by atoms with E-state index < -0.39 is 28.7 Å². The highest BCUT2D eigenvalue weighted by Crippen LogP contribution is 2.10. The summed E-state index contributed by atoms with van der Waals surface area (Å²) in [5.41, 5.74) is -0.961. The first-order valence-corrected chi connectivity index (χ1v) is 9.97. The van der Waals surface area contributed by atoms with Crippen LogP contribution in [0.3, 0.4) is 0 Å². The molecule has 0 radical (unpaired) electrons. The van der Waals surface area contributed by atoms with Gasteiger partial charge < -0.3 is 10.1 Å². The molecule has 2 heterocycles. The molecule has 160 valence electrons. The molecule has 0 unspecified atom stereocenters. The minimum Gasteiger partial charge on any atom is -0.376 e. The Labute approximate surface area is 176 Å². The first-order chi connectivity index (χ1) is 15.0. The summed E-state index contributed by atoms with van der Waals surface area (Å²) in [6.07, 6.45) is 1.64. The lowest BCUT2D eigenvalue weighted by Crippen LogP contribution is -2.46. The van der Waals surface area contributed by atoms with Crippen molar-refractivity contribution in [2.75, 3.05) is 13.2 Å². The summed E-state index contributed by atoms with van der Waals surface area (Å²) in [4.78, 5) is 38.8. The fourth-order valence-corrected chi connectivity index (χ4v) is 3.40. The molecule has 0 saturated carbocycles. The van der Waals surface area contributed by atoms with Crippen LogP contribution in [0, 0.1) is 5.82 Å². The molecule has 1 aliphatic heterocycles. The van der Waals surface area contributed by atoms with Gasteiger partial charge in [-0.15, -0.1) is 0 Å². The van der Waals surface area contributed by atoms with Gasteiger partial charge in [0.05, 0.1) is 18.3 Å². The minimum atomic E-state index is -0.814. The molecule has 1 saturated heterocycles. The largest absolute Gasteiger partial charge is 0.376 e. The second-order valence-electron chi connectivity index (χ2n) is 7.24. The normalized spacial score (nSPS) is 15.7. The third-order valence-electron chi connectivity index (χ3n) is 5.04. The van der Waals surface area contributed by atoms with E-state index in [4.69, 9.17) is 4.74 Å². The first-order valence-electron chi connectivity index (χ1n) is 9.97. The van der Waals surface area contributed by atoms with Gasteiger partial charge in [-0.25, -0.2) is 9.18 Å². The summed E-state index contributed by atoms with van der Waals surface area (Å²) >= 11 is 0. The van der Waals surface area contributed by atoms with Crippen molar-refractivity contribution in [1.29, 1.82) is 0 Å². The molecule has 1 N–H and O–H groups in total. The lowest BCUT2D eigenvalue weighted by Gasteiger charge is -2.13. The number of carbonyl (C=O) groups is 1. The zero-order chi connectivity index (χ0) is 21.8. The highest BCUT2D eigenvalue weighted by molar-refractivity contribution is 5.91. The molecule has 31 heavy (non-hydrogen) atoms. The number of carbonyl (C=O) groups excluding carboxylic acids is 1. The molecule has 9 heteroatoms. The molecule has 0 aliphatic carbocycles. The standard InChI is InChI=1S/C22H21FN4O4/c23-16-10-8-15(9-11-16)14-26-21(29)19(20(28)24-13-18-7-4-12-31-18)25-27(22(26)30)17-5-2-1-3-6-17/h1-3,5-6,8-11,18H,4,7,12-14H2,(H,24,28)/t18-/m1/s1. The number of amides is 1. The molecule has 2 aromatic carbocycles. The van der Waals surface area contributed by atoms with Gasteiger partial charge in [0, 0.05) is 13.2 Å². The van der Waals surface area contributed by atoms with Gasteiger partial charge >= 0.3 is 5.69 Å². The maximum Gasteiger partial charge on any atom is 0.352 e. The van der Waals surface area contributed by atoms with E-state index in [2.05, 4.69) is 10.4 Å². The van der Waals surface area contributed by atoms with Crippen LogP contribution in [0.15, 0.2) is 64.2 Å². The molecule has 1 fully saturated rings. The second kappa shape index (κ2) is 9.05. The van der Waals surface area contributed by atoms with Gasteiger partial charge in [0.25, 0.3) is 11.5 Å². The van der Waals surface area contributed by atoms with Crippen molar-refractivity contribution in [3.63, 3.8) is 0 Å². The summed E-state index contributed by atoms with van der Waals surface area (Å²) in [7, 11) is 0. The zero-order valence-electron chi connectivity index (χ0n) is 16.7. The molecule has 1 aromatic heterocycles. The number of aromatic nitrogens is 3. The van der Waals surface area contributed by atoms with Gasteiger partial charge in [-0.1, -0.05) is 30.3 Å². The predicted molar refractivity (Wildman–Crippen MR) is 111 cm³/mol. The van der Waals surface area contributed by atoms with Crippen molar-refractivity contribution in [3.8, 4) is 5.69 Å². The van der Waals surface area contributed by atoms with Gasteiger partial charge in [0.15, 0.2) is 0 Å². The average Bonchev–Trinajstić information content (AvgIpc) is 3.31. The summed E-state index contributed by atoms with van der Waals surface area (Å²) in [5, 5.41) is 6.74. The molecule has 8 nitrogen and oxygen atoms in total. The van der Waals surface area contributed by atoms with Gasteiger partial charge in [0.2, 0.25) is 5.69 Å². The Morgan fingerprint density at radius 1 is 1.13 bits per heavy atom. The Kier molecular flexibility index (Phi) is 6.03. The van der Waals surface area contributed by atoms with Crippen molar-refractivity contribution in [2.45, 2.75) is 25.5 Å². The van der Waals surface area contributed by atoms with Crippen LogP contribution in [0.25, 0.3) is 5.69 Å². The van der Waals surface area contributed by atoms with E-state index in [0.29, 0.717) is 17.9 Å². The van der Waals surface area contributed by atoms with Crippen LogP contribution in [-0.4, -0.2) is 39.5 Å². The van der Waals surface area contributed by atoms with Gasteiger partial charge in [0.1, 0.15) is 5.82 Å². The molecule has 0 bridgehead atoms. The van der Waals surface area contributed by atoms with E-state index >= 15 is 0 Å². The fraction of sp³-hybridized carbons (Fsp3) is 0.273. The quantitative estimate of drug-likeness (QED) is 0.647. The highest BCUT2D eigenvalue weighted by atomic mass is 19.1. The van der Waals surface area contributed by atoms with Crippen LogP contribution in [0.1, 0.15) is 28.9 Å². The SMILES string of the molecule is O=C(NC[C@H]1CCCO1)c1nn(-c2ccccc2)c(=O)n(Cc2ccc(F)cc2)c1=O. The number of nitrogens with one attached hydrogen (secondary N) is 1. The van der Waals surface area contributed by atoms with Crippen molar-refractivity contribution in [2.24, 2.45) is 0 Å². The topological polar surface area (TPSA) is 95.2 Å². The third-order valence-corrected chi connectivity index (χ3v) is 5.04. The Morgan fingerprint density at radius 3 is 2.55 bits per heavy atom. The molecular weight excluding hydrogens is 403 g/mol. The smallest absolute Gasteiger partial charge is 0.352 e. The van der Waals surface area contributed by atoms with Crippen LogP contribution in [-0.2, 0) is 11.3 Å². The van der Waals surface area contributed by atoms with E-state index in [1.807, 2.05) is 0 Å². The summed E-state index contributed by atoms with van der Waals surface area (Å²) in [6, 6.07) is 13.9. The summed E-state index contributed by atoms with van der Waals surface area (Å²) in [6.45, 7) is 0.768. The monoisotopic (exact) mass is 424 g/mol. The van der Waals surface area contributed by atoms with E-state index in [0.717, 1.165) is 22.1 Å². The molecule has 0 spiro atoms. The zero-order valence-corrected chi connectivity index (χ0v) is 16.7. The predicted octanol–water partition coefficient (Wildman–Crippen LogP) is 1.49. The number of para-hydroxylation sites is 1. The maximum absolute atomic E-state index is 13.2. The van der Waals surface area contributed by atoms with Crippen LogP contribution < -0.4 is 16.6 Å². The average molecular weight is 424 g/mol. The van der Waals surface area contributed by atoms with Crippen molar-refractivity contribution in [3.05, 3.63) is 92.5 Å². The maximum atomic E-state index is 13.2. The van der Waals surface area contributed by atoms with Crippen LogP contribution in [0.2, 0.25) is 0 Å². The lowest BCUT2D eigenvalue weighted by molar-refractivity contribution is 0.0849. The van der Waals surface area contributed by atoms with E-state index in [1.165, 1.54) is 24.3 Å². The molecular formula is C22H21FN4O4. The van der Waals surface area contributed by atoms with E-state index in [1.54, 1.807) is 30.3 Å². The minimum absolute atomic E-state index is 0.106. The van der Waals surface area contributed by atoms with Gasteiger partial charge in [-0.2, -0.15) is 9.78 Å². The summed E-state index contributed by atoms with van der Waals surface area (Å²) in [5.74, 6) is -1.11. The number of nitrogens with zero attached hydrogens (tertiary/aromatic N) is 3. The number of hydrogen-bond donors (Lipinski definition) is 1. The molecule has 1 atom stereocenters. The van der Waals surface area contributed by atoms with E-state index in [-0.39, 0.29) is 19.2 Å². The number of rotatable bonds is 6. The lowest BCUT2D eigenvalue weighted by atomic mass is 10.2. The molecule has 1 amide bonds. The van der Waals surface area contributed by atoms with Crippen molar-refractivity contribution in [1.82, 2.24) is 19.7 Å². The number of ether oxygens (including phenoxy) is 1. The summed E-state index contributed by atoms with van der Waals surface area (Å²) < 4.78 is 20.7. The van der Waals surface area contributed by atoms with Crippen LogP contribution >= 0.6 is 0 Å². The molecule has 1 aliphatic rings. The Bertz CT molecular complexity index is 1180. The fourth-order valence-electron chi connectivity index (χ4n) is 3.40. The Balaban J connectivity index is 1.74. The van der Waals surface area contributed by atoms with Gasteiger partial charge in [-0.3, -0.25) is 14.2 Å². The van der Waals surface area contributed by atoms with Crippen LogP contribution in [0.4, 0.5) is 4.39 Å². The third kappa shape index (κ3) is 4.61. The van der Waals surface area contributed by atoms with Crippen molar-refractivity contribution < 1.29 is 13.9 Å². The van der Waals surface area contributed by atoms with Gasteiger partial charge in [-0.05, 0) is 42.7 Å². The number of halogens is 1. The van der Waals surface area contributed by atoms with Crippen molar-refractivity contribution >= 4 is 5.91 Å². The van der Waals surface area contributed by atoms with E-state index in [9.17, 15) is 18.8 Å².